The molecule has 0 aliphatic heterocycles. The molecule has 0 unspecified atom stereocenters. The molecular weight excluding hydrogens is 398 g/mol. The summed E-state index contributed by atoms with van der Waals surface area (Å²) in [7, 11) is 0. The van der Waals surface area contributed by atoms with Crippen LogP contribution in [-0.4, -0.2) is 25.5 Å². The number of nitrogens with two attached hydrogens (primary N) is 1. The predicted molar refractivity (Wildman–Crippen MR) is 116 cm³/mol. The van der Waals surface area contributed by atoms with Crippen molar-refractivity contribution in [1.29, 1.82) is 0 Å². The van der Waals surface area contributed by atoms with E-state index in [0.717, 1.165) is 11.3 Å². The average molecular weight is 413 g/mol. The molecule has 0 atom stereocenters. The summed E-state index contributed by atoms with van der Waals surface area (Å²) in [4.78, 5) is 25.0. The zero-order chi connectivity index (χ0) is 20.7. The lowest BCUT2D eigenvalue weighted by atomic mass is 10.0. The number of hydrogen-bond donors (Lipinski definition) is 1. The van der Waals surface area contributed by atoms with Gasteiger partial charge in [0, 0.05) is 16.3 Å². The predicted octanol–water partition coefficient (Wildman–Crippen LogP) is 3.40. The molecule has 3 aromatic heterocycles. The van der Waals surface area contributed by atoms with Gasteiger partial charge in [0.1, 0.15) is 11.3 Å². The van der Waals surface area contributed by atoms with Crippen molar-refractivity contribution in [3.8, 4) is 22.6 Å². The monoisotopic (exact) mass is 413 g/mol. The van der Waals surface area contributed by atoms with Crippen molar-refractivity contribution in [1.82, 2.24) is 19.6 Å². The molecule has 5 rings (SSSR count). The molecule has 2 aromatic carbocycles. The first-order valence-corrected chi connectivity index (χ1v) is 10.1. The Morgan fingerprint density at radius 3 is 2.57 bits per heavy atom. The summed E-state index contributed by atoms with van der Waals surface area (Å²) < 4.78 is 3.20. The maximum atomic E-state index is 13.2. The minimum Gasteiger partial charge on any atom is -0.365 e. The maximum absolute atomic E-state index is 13.2. The second kappa shape index (κ2) is 7.09. The highest BCUT2D eigenvalue weighted by Gasteiger charge is 2.19. The third kappa shape index (κ3) is 2.90. The highest BCUT2D eigenvalue weighted by molar-refractivity contribution is 7.08. The Kier molecular flexibility index (Phi) is 4.26. The van der Waals surface area contributed by atoms with Gasteiger partial charge in [0.25, 0.3) is 11.5 Å². The van der Waals surface area contributed by atoms with E-state index < -0.39 is 11.5 Å². The molecule has 146 valence electrons. The minimum absolute atomic E-state index is 0.0567. The van der Waals surface area contributed by atoms with Crippen LogP contribution >= 0.6 is 11.3 Å². The summed E-state index contributed by atoms with van der Waals surface area (Å²) in [5, 5.41) is 13.0. The molecule has 0 aliphatic rings. The van der Waals surface area contributed by atoms with Crippen molar-refractivity contribution in [3.63, 3.8) is 0 Å². The summed E-state index contributed by atoms with van der Waals surface area (Å²) in [6.07, 6.45) is 1.81. The first-order chi connectivity index (χ1) is 14.6. The van der Waals surface area contributed by atoms with Gasteiger partial charge in [0.05, 0.1) is 23.1 Å². The molecule has 1 amide bonds. The van der Waals surface area contributed by atoms with Crippen LogP contribution in [0, 0.1) is 0 Å². The fourth-order valence-electron chi connectivity index (χ4n) is 3.47. The molecule has 30 heavy (non-hydrogen) atoms. The number of carbonyl (C=O) groups excluding carboxylic acids is 1. The van der Waals surface area contributed by atoms with Gasteiger partial charge in [-0.15, -0.1) is 5.10 Å². The van der Waals surface area contributed by atoms with E-state index in [1.807, 2.05) is 71.6 Å². The number of rotatable bonds is 4. The number of carbonyl (C=O) groups is 1. The Labute approximate surface area is 174 Å². The molecule has 0 aliphatic carbocycles. The van der Waals surface area contributed by atoms with Crippen molar-refractivity contribution in [2.24, 2.45) is 5.73 Å². The van der Waals surface area contributed by atoms with Gasteiger partial charge in [0.2, 0.25) is 0 Å². The van der Waals surface area contributed by atoms with Crippen LogP contribution < -0.4 is 11.3 Å². The van der Waals surface area contributed by atoms with Crippen molar-refractivity contribution in [2.75, 3.05) is 0 Å². The van der Waals surface area contributed by atoms with E-state index in [-0.39, 0.29) is 5.56 Å². The molecule has 0 bridgehead atoms. The first-order valence-electron chi connectivity index (χ1n) is 9.13. The van der Waals surface area contributed by atoms with Gasteiger partial charge in [0.15, 0.2) is 0 Å². The van der Waals surface area contributed by atoms with E-state index in [9.17, 15) is 9.59 Å². The van der Waals surface area contributed by atoms with Gasteiger partial charge < -0.3 is 5.73 Å². The fraction of sp³-hybridized carbons (Fsp3) is 0. The number of fused-ring (bicyclic) bond motifs is 1. The topological polar surface area (TPSA) is 95.8 Å². The van der Waals surface area contributed by atoms with Gasteiger partial charge in [-0.25, -0.2) is 4.68 Å². The Bertz CT molecular complexity index is 1440. The van der Waals surface area contributed by atoms with E-state index >= 15 is 0 Å². The van der Waals surface area contributed by atoms with Crippen molar-refractivity contribution in [3.05, 3.63) is 93.5 Å². The summed E-state index contributed by atoms with van der Waals surface area (Å²) >= 11 is 1.46. The number of nitrogens with zero attached hydrogens (tertiary/aromatic N) is 4. The first kappa shape index (κ1) is 18.0. The van der Waals surface area contributed by atoms with E-state index in [1.165, 1.54) is 22.0 Å². The van der Waals surface area contributed by atoms with Crippen molar-refractivity contribution < 1.29 is 4.79 Å². The van der Waals surface area contributed by atoms with Gasteiger partial charge >= 0.3 is 0 Å². The maximum Gasteiger partial charge on any atom is 0.268 e. The normalized spacial score (nSPS) is 11.1. The highest BCUT2D eigenvalue weighted by atomic mass is 32.1. The molecule has 8 heteroatoms. The van der Waals surface area contributed by atoms with Crippen molar-refractivity contribution in [2.45, 2.75) is 0 Å². The summed E-state index contributed by atoms with van der Waals surface area (Å²) in [5.74, 6) is -0.758. The second-order valence-electron chi connectivity index (χ2n) is 6.67. The third-order valence-corrected chi connectivity index (χ3v) is 5.51. The van der Waals surface area contributed by atoms with E-state index in [0.29, 0.717) is 22.3 Å². The Hall–Kier alpha value is -4.04. The molecule has 0 radical (unpaired) electrons. The average Bonchev–Trinajstić information content (AvgIpc) is 3.46. The van der Waals surface area contributed by atoms with Gasteiger partial charge in [-0.3, -0.25) is 14.2 Å². The van der Waals surface area contributed by atoms with Gasteiger partial charge in [-0.1, -0.05) is 41.6 Å². The van der Waals surface area contributed by atoms with Crippen molar-refractivity contribution >= 4 is 28.1 Å². The zero-order valence-electron chi connectivity index (χ0n) is 15.6. The number of primary amides is 1. The summed E-state index contributed by atoms with van der Waals surface area (Å²) in [6.45, 7) is 0. The van der Waals surface area contributed by atoms with Crippen LogP contribution in [-0.2, 0) is 0 Å². The highest BCUT2D eigenvalue weighted by Crippen LogP contribution is 2.29. The quantitative estimate of drug-likeness (QED) is 0.488. The number of benzene rings is 2. The molecule has 2 N–H and O–H groups in total. The summed E-state index contributed by atoms with van der Waals surface area (Å²) in [5.41, 5.74) is 8.48. The van der Waals surface area contributed by atoms with Gasteiger partial charge in [-0.05, 0) is 29.6 Å². The van der Waals surface area contributed by atoms with Crippen LogP contribution in [0.25, 0.3) is 33.5 Å². The molecule has 0 saturated carbocycles. The smallest absolute Gasteiger partial charge is 0.268 e. The molecule has 0 fully saturated rings. The van der Waals surface area contributed by atoms with Gasteiger partial charge in [-0.2, -0.15) is 11.3 Å². The van der Waals surface area contributed by atoms with Crippen LogP contribution in [0.15, 0.2) is 82.4 Å². The lowest BCUT2D eigenvalue weighted by Crippen LogP contribution is -2.29. The lowest BCUT2D eigenvalue weighted by Gasteiger charge is -2.13. The number of hydrogen-bond acceptors (Lipinski definition) is 5. The number of aromatic nitrogens is 4. The number of thiophene rings is 1. The zero-order valence-corrected chi connectivity index (χ0v) is 16.4. The fourth-order valence-corrected chi connectivity index (χ4v) is 4.09. The molecule has 0 saturated heterocycles. The van der Waals surface area contributed by atoms with E-state index in [4.69, 9.17) is 5.73 Å². The van der Waals surface area contributed by atoms with Crippen LogP contribution in [0.5, 0.6) is 0 Å². The Morgan fingerprint density at radius 1 is 1.00 bits per heavy atom. The lowest BCUT2D eigenvalue weighted by molar-refractivity contribution is 0.0999. The largest absolute Gasteiger partial charge is 0.365 e. The van der Waals surface area contributed by atoms with Crippen LogP contribution in [0.3, 0.4) is 0 Å². The molecule has 7 nitrogen and oxygen atoms in total. The Balaban J connectivity index is 1.81. The van der Waals surface area contributed by atoms with Crippen LogP contribution in [0.2, 0.25) is 0 Å². The third-order valence-electron chi connectivity index (χ3n) is 4.84. The van der Waals surface area contributed by atoms with E-state index in [2.05, 4.69) is 10.3 Å². The molecule has 5 aromatic rings. The molecular formula is C22H15N5O2S. The SMILES string of the molecule is NC(=O)c1cc2cccc(-c3cn(-c4ccccc4)nn3)c2n(-c2ccsc2)c1=O. The standard InChI is InChI=1S/C22H15N5O2S/c23-21(28)18-11-14-5-4-8-17(20(14)27(22(18)29)16-9-10-30-13-16)19-12-26(25-24-19)15-6-2-1-3-7-15/h1-13H,(H2,23,28). The number of para-hydroxylation sites is 2. The Morgan fingerprint density at radius 2 is 1.83 bits per heavy atom. The second-order valence-corrected chi connectivity index (χ2v) is 7.45. The molecule has 3 heterocycles. The number of pyridine rings is 1. The minimum atomic E-state index is -0.758. The number of amides is 1. The van der Waals surface area contributed by atoms with Crippen LogP contribution in [0.1, 0.15) is 10.4 Å². The van der Waals surface area contributed by atoms with Crippen LogP contribution in [0.4, 0.5) is 0 Å². The van der Waals surface area contributed by atoms with E-state index in [1.54, 1.807) is 4.68 Å². The summed E-state index contributed by atoms with van der Waals surface area (Å²) in [6, 6.07) is 18.6. The molecule has 0 spiro atoms.